The Kier molecular flexibility index (Phi) is 9.77. The van der Waals surface area contributed by atoms with E-state index >= 15 is 0 Å². The fraction of sp³-hybridized carbons (Fsp3) is 0.850. The van der Waals surface area contributed by atoms with E-state index in [4.69, 9.17) is 5.11 Å². The molecule has 7 nitrogen and oxygen atoms in total. The first kappa shape index (κ1) is 23.4. The van der Waals surface area contributed by atoms with Crippen LogP contribution in [0.3, 0.4) is 0 Å². The molecule has 3 amide bonds. The van der Waals surface area contributed by atoms with Crippen molar-refractivity contribution in [2.45, 2.75) is 97.1 Å². The summed E-state index contributed by atoms with van der Waals surface area (Å²) < 4.78 is 0. The van der Waals surface area contributed by atoms with Crippen molar-refractivity contribution < 1.29 is 24.6 Å². The number of nitrogens with one attached hydrogen (secondary N) is 1. The van der Waals surface area contributed by atoms with Crippen LogP contribution in [0.4, 0.5) is 4.79 Å². The molecule has 0 radical (unpaired) electrons. The minimum absolute atomic E-state index is 0.167. The molecule has 0 aromatic heterocycles. The summed E-state index contributed by atoms with van der Waals surface area (Å²) in [5.74, 6) is -1.06. The number of aliphatic carboxylic acids is 1. The number of carboxylic acid groups (broad SMARTS) is 1. The van der Waals surface area contributed by atoms with Gasteiger partial charge in [-0.2, -0.15) is 0 Å². The van der Waals surface area contributed by atoms with Crippen molar-refractivity contribution in [1.29, 1.82) is 0 Å². The maximum absolute atomic E-state index is 12.1. The van der Waals surface area contributed by atoms with Gasteiger partial charge < -0.3 is 15.1 Å². The largest absolute Gasteiger partial charge is 0.481 e. The lowest BCUT2D eigenvalue weighted by molar-refractivity contribution is -0.137. The van der Waals surface area contributed by atoms with Crippen LogP contribution in [0.2, 0.25) is 0 Å². The Morgan fingerprint density at radius 1 is 1.19 bits per heavy atom. The smallest absolute Gasteiger partial charge is 0.324 e. The summed E-state index contributed by atoms with van der Waals surface area (Å²) in [6.45, 7) is 6.56. The van der Waals surface area contributed by atoms with Crippen LogP contribution < -0.4 is 5.32 Å². The number of rotatable bonds is 14. The molecule has 1 fully saturated rings. The Hall–Kier alpha value is -1.63. The van der Waals surface area contributed by atoms with Crippen molar-refractivity contribution in [2.24, 2.45) is 5.41 Å². The van der Waals surface area contributed by atoms with Crippen LogP contribution in [0.1, 0.15) is 85.0 Å². The number of unbranched alkanes of at least 4 members (excludes halogenated alkanes) is 4. The average Bonchev–Trinajstić information content (AvgIpc) is 2.86. The molecule has 0 saturated carbocycles. The zero-order valence-corrected chi connectivity index (χ0v) is 17.0. The SMILES string of the molecule is CCCCC(C)(C)C(O)CCN1C(=O)NC(=O)C1CCCCCCC(=O)O. The van der Waals surface area contributed by atoms with E-state index in [0.29, 0.717) is 25.8 Å². The van der Waals surface area contributed by atoms with Gasteiger partial charge in [-0.05, 0) is 31.1 Å². The average molecular weight is 385 g/mol. The second-order valence-corrected chi connectivity index (χ2v) is 8.25. The van der Waals surface area contributed by atoms with Crippen LogP contribution in [0.15, 0.2) is 0 Å². The number of amides is 3. The molecule has 1 saturated heterocycles. The molecular weight excluding hydrogens is 348 g/mol. The molecule has 2 unspecified atom stereocenters. The van der Waals surface area contributed by atoms with Gasteiger partial charge in [-0.1, -0.05) is 52.9 Å². The third kappa shape index (κ3) is 7.87. The van der Waals surface area contributed by atoms with Gasteiger partial charge in [0.05, 0.1) is 6.10 Å². The summed E-state index contributed by atoms with van der Waals surface area (Å²) in [6.07, 6.45) is 6.77. The van der Waals surface area contributed by atoms with Crippen molar-refractivity contribution in [3.63, 3.8) is 0 Å². The number of nitrogens with zero attached hydrogens (tertiary/aromatic N) is 1. The number of carbonyl (C=O) groups excluding carboxylic acids is 2. The Morgan fingerprint density at radius 2 is 1.85 bits per heavy atom. The molecule has 0 spiro atoms. The van der Waals surface area contributed by atoms with E-state index in [1.165, 1.54) is 0 Å². The monoisotopic (exact) mass is 384 g/mol. The second kappa shape index (κ2) is 11.3. The van der Waals surface area contributed by atoms with Gasteiger partial charge in [0, 0.05) is 13.0 Å². The minimum atomic E-state index is -0.789. The molecule has 27 heavy (non-hydrogen) atoms. The number of carboxylic acids is 1. The molecule has 3 N–H and O–H groups in total. The minimum Gasteiger partial charge on any atom is -0.481 e. The van der Waals surface area contributed by atoms with Crippen LogP contribution in [-0.4, -0.2) is 51.7 Å². The number of urea groups is 1. The van der Waals surface area contributed by atoms with Crippen molar-refractivity contribution in [2.75, 3.05) is 6.54 Å². The molecule has 7 heteroatoms. The summed E-state index contributed by atoms with van der Waals surface area (Å²) in [4.78, 5) is 36.2. The maximum atomic E-state index is 12.1. The molecule has 1 heterocycles. The van der Waals surface area contributed by atoms with Gasteiger partial charge in [-0.25, -0.2) is 4.79 Å². The van der Waals surface area contributed by atoms with Gasteiger partial charge in [0.2, 0.25) is 0 Å². The Bertz CT molecular complexity index is 507. The molecule has 1 aliphatic rings. The van der Waals surface area contributed by atoms with Crippen LogP contribution in [0, 0.1) is 5.41 Å². The molecule has 0 bridgehead atoms. The predicted molar refractivity (Wildman–Crippen MR) is 103 cm³/mol. The Balaban J connectivity index is 2.45. The predicted octanol–water partition coefficient (Wildman–Crippen LogP) is 3.30. The summed E-state index contributed by atoms with van der Waals surface area (Å²) in [6, 6.07) is -0.864. The lowest BCUT2D eigenvalue weighted by atomic mass is 9.80. The highest BCUT2D eigenvalue weighted by atomic mass is 16.4. The van der Waals surface area contributed by atoms with E-state index in [1.807, 2.05) is 13.8 Å². The van der Waals surface area contributed by atoms with Crippen LogP contribution in [-0.2, 0) is 9.59 Å². The maximum Gasteiger partial charge on any atom is 0.324 e. The lowest BCUT2D eigenvalue weighted by Gasteiger charge is -2.32. The highest BCUT2D eigenvalue weighted by Crippen LogP contribution is 2.30. The third-order valence-corrected chi connectivity index (χ3v) is 5.51. The number of hydrogen-bond acceptors (Lipinski definition) is 4. The number of aliphatic hydroxyl groups excluding tert-OH is 1. The van der Waals surface area contributed by atoms with Gasteiger partial charge in [-0.3, -0.25) is 14.9 Å². The zero-order valence-electron chi connectivity index (χ0n) is 17.0. The van der Waals surface area contributed by atoms with Crippen LogP contribution in [0.5, 0.6) is 0 Å². The highest BCUT2D eigenvalue weighted by Gasteiger charge is 2.38. The quantitative estimate of drug-likeness (QED) is 0.315. The number of carbonyl (C=O) groups is 3. The molecule has 0 aromatic carbocycles. The fourth-order valence-electron chi connectivity index (χ4n) is 3.51. The van der Waals surface area contributed by atoms with E-state index < -0.39 is 18.1 Å². The fourth-order valence-corrected chi connectivity index (χ4v) is 3.51. The van der Waals surface area contributed by atoms with Crippen molar-refractivity contribution in [1.82, 2.24) is 10.2 Å². The van der Waals surface area contributed by atoms with Gasteiger partial charge in [0.25, 0.3) is 5.91 Å². The van der Waals surface area contributed by atoms with Gasteiger partial charge >= 0.3 is 12.0 Å². The topological polar surface area (TPSA) is 107 Å². The Labute approximate surface area is 162 Å². The van der Waals surface area contributed by atoms with Gasteiger partial charge in [-0.15, -0.1) is 0 Å². The molecule has 2 atom stereocenters. The second-order valence-electron chi connectivity index (χ2n) is 8.25. The molecule has 1 rings (SSSR count). The van der Waals surface area contributed by atoms with E-state index in [0.717, 1.165) is 38.5 Å². The molecule has 1 aliphatic heterocycles. The van der Waals surface area contributed by atoms with E-state index in [2.05, 4.69) is 12.2 Å². The first-order chi connectivity index (χ1) is 12.7. The van der Waals surface area contributed by atoms with Gasteiger partial charge in [0.1, 0.15) is 6.04 Å². The van der Waals surface area contributed by atoms with E-state index in [1.54, 1.807) is 4.90 Å². The Morgan fingerprint density at radius 3 is 2.48 bits per heavy atom. The van der Waals surface area contributed by atoms with Crippen LogP contribution in [0.25, 0.3) is 0 Å². The lowest BCUT2D eigenvalue weighted by Crippen LogP contribution is -2.39. The number of hydrogen-bond donors (Lipinski definition) is 3. The molecular formula is C20H36N2O5. The molecule has 156 valence electrons. The zero-order chi connectivity index (χ0) is 20.4. The third-order valence-electron chi connectivity index (χ3n) is 5.51. The van der Waals surface area contributed by atoms with Crippen molar-refractivity contribution in [3.8, 4) is 0 Å². The molecule has 0 aliphatic carbocycles. The number of imide groups is 1. The summed E-state index contributed by atoms with van der Waals surface area (Å²) >= 11 is 0. The van der Waals surface area contributed by atoms with E-state index in [9.17, 15) is 19.5 Å². The molecule has 0 aromatic rings. The summed E-state index contributed by atoms with van der Waals surface area (Å²) in [5.41, 5.74) is -0.212. The first-order valence-corrected chi connectivity index (χ1v) is 10.2. The highest BCUT2D eigenvalue weighted by molar-refractivity contribution is 6.04. The standard InChI is InChI=1S/C20H36N2O5/c1-4-5-13-20(2,3)16(23)12-14-22-15(18(26)21-19(22)27)10-8-6-7-9-11-17(24)25/h15-16,23H,4-14H2,1-3H3,(H,24,25)(H,21,26,27). The van der Waals surface area contributed by atoms with E-state index in [-0.39, 0.29) is 23.8 Å². The summed E-state index contributed by atoms with van der Waals surface area (Å²) in [5, 5.41) is 21.5. The van der Waals surface area contributed by atoms with Crippen molar-refractivity contribution in [3.05, 3.63) is 0 Å². The first-order valence-electron chi connectivity index (χ1n) is 10.2. The van der Waals surface area contributed by atoms with Crippen molar-refractivity contribution >= 4 is 17.9 Å². The van der Waals surface area contributed by atoms with Crippen LogP contribution >= 0.6 is 0 Å². The normalized spacial score (nSPS) is 18.7. The number of aliphatic hydroxyl groups is 1. The summed E-state index contributed by atoms with van der Waals surface area (Å²) in [7, 11) is 0. The van der Waals surface area contributed by atoms with Gasteiger partial charge in [0.15, 0.2) is 0 Å².